The smallest absolute Gasteiger partial charge is 0.199 e. The first-order valence-electron chi connectivity index (χ1n) is 10.5. The number of nitrogens with one attached hydrogen (secondary N) is 1. The van der Waals surface area contributed by atoms with E-state index in [1.54, 1.807) is 48.5 Å². The molecule has 0 amide bonds. The second-order valence-electron chi connectivity index (χ2n) is 7.60. The Morgan fingerprint density at radius 3 is 1.94 bits per heavy atom. The summed E-state index contributed by atoms with van der Waals surface area (Å²) in [6.07, 6.45) is 2.66. The van der Waals surface area contributed by atoms with E-state index in [0.717, 1.165) is 18.5 Å². The van der Waals surface area contributed by atoms with E-state index in [4.69, 9.17) is 5.84 Å². The van der Waals surface area contributed by atoms with Crippen LogP contribution in [-0.2, 0) is 10.4 Å². The van der Waals surface area contributed by atoms with Crippen LogP contribution in [-0.4, -0.2) is 16.7 Å². The summed E-state index contributed by atoms with van der Waals surface area (Å²) in [6.45, 7) is 0. The highest BCUT2D eigenvalue weighted by molar-refractivity contribution is 6.06. The van der Waals surface area contributed by atoms with Gasteiger partial charge in [-0.3, -0.25) is 15.4 Å². The largest absolute Gasteiger partial charge is 0.376 e. The van der Waals surface area contributed by atoms with Crippen molar-refractivity contribution >= 4 is 17.3 Å². The Hall–Kier alpha value is -3.28. The molecule has 1 fully saturated rings. The van der Waals surface area contributed by atoms with Crippen molar-refractivity contribution in [2.24, 2.45) is 11.8 Å². The predicted molar refractivity (Wildman–Crippen MR) is 122 cm³/mol. The molecule has 0 heterocycles. The van der Waals surface area contributed by atoms with Gasteiger partial charge in [0.15, 0.2) is 11.4 Å². The molecule has 0 radical (unpaired) electrons. The summed E-state index contributed by atoms with van der Waals surface area (Å²) in [7, 11) is 0. The van der Waals surface area contributed by atoms with Crippen LogP contribution in [0.3, 0.4) is 0 Å². The lowest BCUT2D eigenvalue weighted by atomic mass is 9.69. The molecule has 0 aromatic heterocycles. The van der Waals surface area contributed by atoms with E-state index in [1.165, 1.54) is 0 Å². The van der Waals surface area contributed by atoms with Crippen LogP contribution >= 0.6 is 0 Å². The van der Waals surface area contributed by atoms with Crippen LogP contribution in [0, 0.1) is 5.92 Å². The van der Waals surface area contributed by atoms with Gasteiger partial charge in [-0.1, -0.05) is 85.3 Å². The monoisotopic (exact) mass is 416 g/mol. The molecule has 3 aromatic carbocycles. The van der Waals surface area contributed by atoms with Gasteiger partial charge < -0.3 is 10.5 Å². The Morgan fingerprint density at radius 1 is 0.871 bits per heavy atom. The van der Waals surface area contributed by atoms with E-state index in [2.05, 4.69) is 5.43 Å². The molecule has 4 N–H and O–H groups in total. The fourth-order valence-corrected chi connectivity index (χ4v) is 3.95. The Kier molecular flexibility index (Phi) is 7.70. The van der Waals surface area contributed by atoms with Crippen molar-refractivity contribution in [1.82, 2.24) is 0 Å². The third-order valence-corrected chi connectivity index (χ3v) is 5.60. The molecule has 160 valence electrons. The van der Waals surface area contributed by atoms with Gasteiger partial charge in [0.1, 0.15) is 5.78 Å². The summed E-state index contributed by atoms with van der Waals surface area (Å²) < 4.78 is 0. The normalized spacial score (nSPS) is 17.6. The molecule has 1 aliphatic carbocycles. The molecule has 0 saturated heterocycles. The van der Waals surface area contributed by atoms with E-state index >= 15 is 0 Å². The van der Waals surface area contributed by atoms with Gasteiger partial charge in [0, 0.05) is 17.7 Å². The zero-order chi connectivity index (χ0) is 22.1. The van der Waals surface area contributed by atoms with Gasteiger partial charge >= 0.3 is 0 Å². The third-order valence-electron chi connectivity index (χ3n) is 5.60. The van der Waals surface area contributed by atoms with Crippen molar-refractivity contribution in [2.45, 2.75) is 31.3 Å². The first-order chi connectivity index (χ1) is 15.1. The van der Waals surface area contributed by atoms with Crippen molar-refractivity contribution in [3.8, 4) is 0 Å². The van der Waals surface area contributed by atoms with Crippen LogP contribution < -0.4 is 11.3 Å². The molecule has 4 rings (SSSR count). The lowest BCUT2D eigenvalue weighted by Crippen LogP contribution is -2.47. The highest BCUT2D eigenvalue weighted by atomic mass is 16.3. The minimum absolute atomic E-state index is 0.0214. The van der Waals surface area contributed by atoms with Gasteiger partial charge in [-0.15, -0.1) is 0 Å². The molecular formula is C26H28N2O3. The van der Waals surface area contributed by atoms with Crippen molar-refractivity contribution in [3.63, 3.8) is 0 Å². The molecule has 31 heavy (non-hydrogen) atoms. The number of aliphatic hydroxyl groups is 1. The van der Waals surface area contributed by atoms with Gasteiger partial charge in [-0.25, -0.2) is 0 Å². The number of nitrogen functional groups attached to an aromatic ring is 1. The Balaban J connectivity index is 0.000000287. The molecule has 2 unspecified atom stereocenters. The van der Waals surface area contributed by atoms with Gasteiger partial charge in [-0.05, 0) is 30.5 Å². The summed E-state index contributed by atoms with van der Waals surface area (Å²) >= 11 is 0. The Morgan fingerprint density at radius 2 is 1.42 bits per heavy atom. The maximum atomic E-state index is 13.1. The second kappa shape index (κ2) is 10.7. The number of Topliss-reactive ketones (excluding diaryl/α,β-unsaturated/α-hetero) is 2. The van der Waals surface area contributed by atoms with Crippen molar-refractivity contribution < 1.29 is 14.7 Å². The predicted octanol–water partition coefficient (Wildman–Crippen LogP) is 4.49. The van der Waals surface area contributed by atoms with E-state index in [0.29, 0.717) is 24.0 Å². The fourth-order valence-electron chi connectivity index (χ4n) is 3.95. The van der Waals surface area contributed by atoms with E-state index in [-0.39, 0.29) is 5.78 Å². The van der Waals surface area contributed by atoms with Crippen molar-refractivity contribution in [2.75, 3.05) is 5.43 Å². The van der Waals surface area contributed by atoms with E-state index in [9.17, 15) is 14.7 Å². The number of para-hydroxylation sites is 1. The fraction of sp³-hybridized carbons (Fsp3) is 0.231. The average Bonchev–Trinajstić information content (AvgIpc) is 2.85. The lowest BCUT2D eigenvalue weighted by Gasteiger charge is -2.36. The standard InChI is InChI=1S/C20H20O3.C6H8N2/c21-18-14-8-7-13-17(18)20(23,16-11-5-2-6-12-16)19(22)15-9-3-1-4-10-15;7-8-6-4-2-1-3-5-6/h1-6,9-12,17,23H,7-8,13-14H2;1-5,8H,7H2. The zero-order valence-corrected chi connectivity index (χ0v) is 17.4. The van der Waals surface area contributed by atoms with Gasteiger partial charge in [-0.2, -0.15) is 0 Å². The zero-order valence-electron chi connectivity index (χ0n) is 17.4. The Bertz CT molecular complexity index is 977. The summed E-state index contributed by atoms with van der Waals surface area (Å²) in [5.41, 5.74) is 2.60. The first kappa shape index (κ1) is 22.4. The summed E-state index contributed by atoms with van der Waals surface area (Å²) in [5.74, 6) is 4.01. The maximum absolute atomic E-state index is 13.1. The Labute approximate surface area is 182 Å². The number of benzene rings is 3. The van der Waals surface area contributed by atoms with E-state index < -0.39 is 17.3 Å². The van der Waals surface area contributed by atoms with Crippen LogP contribution in [0.15, 0.2) is 91.0 Å². The number of rotatable bonds is 5. The minimum atomic E-state index is -1.79. The number of ketones is 2. The molecule has 1 aliphatic rings. The molecule has 2 atom stereocenters. The SMILES string of the molecule is NNc1ccccc1.O=C1CCCCC1C(O)(C(=O)c1ccccc1)c1ccccc1. The molecule has 5 heteroatoms. The van der Waals surface area contributed by atoms with Crippen LogP contribution in [0.2, 0.25) is 0 Å². The topological polar surface area (TPSA) is 92.4 Å². The highest BCUT2D eigenvalue weighted by Gasteiger charge is 2.49. The average molecular weight is 417 g/mol. The van der Waals surface area contributed by atoms with Crippen LogP contribution in [0.25, 0.3) is 0 Å². The van der Waals surface area contributed by atoms with Crippen LogP contribution in [0.5, 0.6) is 0 Å². The van der Waals surface area contributed by atoms with Crippen LogP contribution in [0.4, 0.5) is 5.69 Å². The van der Waals surface area contributed by atoms with Gasteiger partial charge in [0.25, 0.3) is 0 Å². The number of hydrogen-bond donors (Lipinski definition) is 3. The molecule has 5 nitrogen and oxygen atoms in total. The molecule has 3 aromatic rings. The maximum Gasteiger partial charge on any atom is 0.199 e. The molecular weight excluding hydrogens is 388 g/mol. The van der Waals surface area contributed by atoms with Crippen LogP contribution in [0.1, 0.15) is 41.6 Å². The quantitative estimate of drug-likeness (QED) is 0.324. The lowest BCUT2D eigenvalue weighted by molar-refractivity contribution is -0.133. The number of hydrazine groups is 1. The van der Waals surface area contributed by atoms with Gasteiger partial charge in [0.2, 0.25) is 0 Å². The highest BCUT2D eigenvalue weighted by Crippen LogP contribution is 2.39. The first-order valence-corrected chi connectivity index (χ1v) is 10.5. The number of carbonyl (C=O) groups is 2. The van der Waals surface area contributed by atoms with Crippen molar-refractivity contribution in [3.05, 3.63) is 102 Å². The number of nitrogens with two attached hydrogens (primary N) is 1. The van der Waals surface area contributed by atoms with Gasteiger partial charge in [0.05, 0.1) is 5.92 Å². The summed E-state index contributed by atoms with van der Waals surface area (Å²) in [5, 5.41) is 11.4. The summed E-state index contributed by atoms with van der Waals surface area (Å²) in [4.78, 5) is 25.5. The number of carbonyl (C=O) groups excluding carboxylic acids is 2. The number of anilines is 1. The summed E-state index contributed by atoms with van der Waals surface area (Å²) in [6, 6.07) is 27.2. The molecule has 0 aliphatic heterocycles. The minimum Gasteiger partial charge on any atom is -0.376 e. The third kappa shape index (κ3) is 5.26. The molecule has 0 bridgehead atoms. The van der Waals surface area contributed by atoms with E-state index in [1.807, 2.05) is 42.5 Å². The second-order valence-corrected chi connectivity index (χ2v) is 7.60. The van der Waals surface area contributed by atoms with Crippen molar-refractivity contribution in [1.29, 1.82) is 0 Å². The number of hydrogen-bond acceptors (Lipinski definition) is 5. The molecule has 1 saturated carbocycles. The molecule has 0 spiro atoms.